The first-order valence-electron chi connectivity index (χ1n) is 1.85. The predicted octanol–water partition coefficient (Wildman–Crippen LogP) is 0.0478. The molecule has 0 aromatic rings. The summed E-state index contributed by atoms with van der Waals surface area (Å²) in [6.07, 6.45) is 1.57. The van der Waals surface area contributed by atoms with Crippen LogP contribution in [0.1, 0.15) is 0 Å². The lowest BCUT2D eigenvalue weighted by Crippen LogP contribution is -2.05. The lowest BCUT2D eigenvalue weighted by Gasteiger charge is -1.96. The number of nitrogens with one attached hydrogen (secondary N) is 1. The van der Waals surface area contributed by atoms with Crippen LogP contribution in [0.3, 0.4) is 0 Å². The maximum atomic E-state index is 4.67. The summed E-state index contributed by atoms with van der Waals surface area (Å²) in [5.41, 5.74) is 2.43. The number of methoxy groups -OCH3 is 1. The second kappa shape index (κ2) is 1.84. The first-order chi connectivity index (χ1) is 3.43. The van der Waals surface area contributed by atoms with Gasteiger partial charge in [-0.3, -0.25) is 4.84 Å². The van der Waals surface area contributed by atoms with E-state index in [1.165, 1.54) is 0 Å². The van der Waals surface area contributed by atoms with Crippen molar-refractivity contribution in [2.75, 3.05) is 7.11 Å². The van der Waals surface area contributed by atoms with Gasteiger partial charge < -0.3 is 4.74 Å². The normalized spacial score (nSPS) is 18.1. The average Bonchev–Trinajstić information content (AvgIpc) is 2.14. The first kappa shape index (κ1) is 4.46. The quantitative estimate of drug-likeness (QED) is 0.503. The van der Waals surface area contributed by atoms with Crippen LogP contribution in [0.4, 0.5) is 0 Å². The molecule has 7 heavy (non-hydrogen) atoms. The Balaban J connectivity index is 2.36. The van der Waals surface area contributed by atoms with Crippen LogP contribution < -0.4 is 5.48 Å². The number of hydroxylamine groups is 1. The Morgan fingerprint density at radius 1 is 2.00 bits per heavy atom. The van der Waals surface area contributed by atoms with Gasteiger partial charge in [-0.25, -0.2) is 5.48 Å². The molecule has 0 fully saturated rings. The summed E-state index contributed by atoms with van der Waals surface area (Å²) < 4.78 is 4.67. The lowest BCUT2D eigenvalue weighted by molar-refractivity contribution is 0.102. The van der Waals surface area contributed by atoms with E-state index in [1.807, 2.05) is 0 Å². The highest BCUT2D eigenvalue weighted by atomic mass is 16.7. The number of hydrogen-bond donors (Lipinski definition) is 1. The number of hydrogen-bond acceptors (Lipinski definition) is 3. The van der Waals surface area contributed by atoms with Crippen LogP contribution >= 0.6 is 0 Å². The molecule has 1 aliphatic heterocycles. The van der Waals surface area contributed by atoms with Gasteiger partial charge in [0.25, 0.3) is 0 Å². The van der Waals surface area contributed by atoms with Gasteiger partial charge in [-0.15, -0.1) is 0 Å². The van der Waals surface area contributed by atoms with Crippen LogP contribution in [0, 0.1) is 6.61 Å². The zero-order valence-electron chi connectivity index (χ0n) is 3.89. The smallest absolute Gasteiger partial charge is 0.209 e. The largest absolute Gasteiger partial charge is 0.481 e. The highest BCUT2D eigenvalue weighted by Crippen LogP contribution is 1.99. The fraction of sp³-hybridized carbons (Fsp3) is 0.250. The van der Waals surface area contributed by atoms with Gasteiger partial charge in [0.1, 0.15) is 0 Å². The minimum atomic E-state index is 0.583. The second-order valence-electron chi connectivity index (χ2n) is 1.03. The van der Waals surface area contributed by atoms with E-state index in [4.69, 9.17) is 0 Å². The van der Waals surface area contributed by atoms with Crippen LogP contribution in [0.25, 0.3) is 0 Å². The maximum absolute atomic E-state index is 4.67. The van der Waals surface area contributed by atoms with E-state index < -0.39 is 0 Å². The van der Waals surface area contributed by atoms with Crippen molar-refractivity contribution in [2.45, 2.75) is 0 Å². The summed E-state index contributed by atoms with van der Waals surface area (Å²) in [5.74, 6) is 0.583. The average molecular weight is 99.1 g/mol. The van der Waals surface area contributed by atoms with E-state index in [9.17, 15) is 0 Å². The fourth-order valence-corrected chi connectivity index (χ4v) is 0.293. The minimum absolute atomic E-state index is 0.583. The molecule has 0 aromatic carbocycles. The monoisotopic (exact) mass is 99.0 g/mol. The van der Waals surface area contributed by atoms with E-state index >= 15 is 0 Å². The summed E-state index contributed by atoms with van der Waals surface area (Å²) in [5, 5.41) is 0. The van der Waals surface area contributed by atoms with Crippen molar-refractivity contribution in [2.24, 2.45) is 0 Å². The lowest BCUT2D eigenvalue weighted by atomic mass is 10.6. The molecule has 0 bridgehead atoms. The predicted molar refractivity (Wildman–Crippen MR) is 22.6 cm³/mol. The first-order valence-corrected chi connectivity index (χ1v) is 1.85. The van der Waals surface area contributed by atoms with Crippen LogP contribution in [-0.2, 0) is 9.57 Å². The highest BCUT2D eigenvalue weighted by Gasteiger charge is 2.01. The van der Waals surface area contributed by atoms with Gasteiger partial charge in [0.15, 0.2) is 6.61 Å². The molecule has 0 atom stereocenters. The van der Waals surface area contributed by atoms with Gasteiger partial charge in [0.2, 0.25) is 5.88 Å². The molecule has 1 rings (SSSR count). The van der Waals surface area contributed by atoms with E-state index in [2.05, 4.69) is 21.7 Å². The molecule has 3 heteroatoms. The Morgan fingerprint density at radius 3 is 3.14 bits per heavy atom. The number of rotatable bonds is 1. The third-order valence-corrected chi connectivity index (χ3v) is 0.620. The van der Waals surface area contributed by atoms with Crippen LogP contribution in [0.5, 0.6) is 0 Å². The highest BCUT2D eigenvalue weighted by molar-refractivity contribution is 4.98. The van der Waals surface area contributed by atoms with Gasteiger partial charge >= 0.3 is 0 Å². The molecule has 38 valence electrons. The van der Waals surface area contributed by atoms with Crippen LogP contribution in [0.2, 0.25) is 0 Å². The van der Waals surface area contributed by atoms with Crippen LogP contribution in [0.15, 0.2) is 12.0 Å². The van der Waals surface area contributed by atoms with Crippen LogP contribution in [-0.4, -0.2) is 7.11 Å². The summed E-state index contributed by atoms with van der Waals surface area (Å²) in [7, 11) is 1.55. The molecule has 2 radical (unpaired) electrons. The Kier molecular flexibility index (Phi) is 1.17. The summed E-state index contributed by atoms with van der Waals surface area (Å²) in [4.78, 5) is 4.43. The second-order valence-corrected chi connectivity index (χ2v) is 1.03. The van der Waals surface area contributed by atoms with Gasteiger partial charge in [0, 0.05) is 6.08 Å². The van der Waals surface area contributed by atoms with Gasteiger partial charge in [0.05, 0.1) is 7.11 Å². The molecule has 0 aromatic heterocycles. The molecule has 0 amide bonds. The molecule has 0 spiro atoms. The molecular formula is C4H5NO2. The zero-order chi connectivity index (χ0) is 5.11. The molecule has 0 unspecified atom stereocenters. The van der Waals surface area contributed by atoms with E-state index in [-0.39, 0.29) is 0 Å². The Morgan fingerprint density at radius 2 is 2.86 bits per heavy atom. The zero-order valence-corrected chi connectivity index (χ0v) is 3.89. The number of ether oxygens (including phenoxy) is 1. The van der Waals surface area contributed by atoms with Crippen molar-refractivity contribution in [3.8, 4) is 0 Å². The van der Waals surface area contributed by atoms with Crippen molar-refractivity contribution in [3.05, 3.63) is 18.6 Å². The molecule has 1 heterocycles. The molecule has 0 aliphatic carbocycles. The molecule has 1 N–H and O–H groups in total. The third-order valence-electron chi connectivity index (χ3n) is 0.620. The molecule has 0 saturated carbocycles. The van der Waals surface area contributed by atoms with E-state index in [0.717, 1.165) is 0 Å². The van der Waals surface area contributed by atoms with Crippen molar-refractivity contribution in [1.29, 1.82) is 0 Å². The Bertz CT molecular complexity index is 89.7. The Hall–Kier alpha value is -0.700. The third kappa shape index (κ3) is 0.838. The summed E-state index contributed by atoms with van der Waals surface area (Å²) in [6.45, 7) is 2.43. The van der Waals surface area contributed by atoms with E-state index in [1.54, 1.807) is 13.2 Å². The van der Waals surface area contributed by atoms with Crippen molar-refractivity contribution < 1.29 is 9.57 Å². The van der Waals surface area contributed by atoms with Crippen molar-refractivity contribution >= 4 is 0 Å². The summed E-state index contributed by atoms with van der Waals surface area (Å²) >= 11 is 0. The molecule has 0 saturated heterocycles. The van der Waals surface area contributed by atoms with Crippen molar-refractivity contribution in [3.63, 3.8) is 0 Å². The molecular weight excluding hydrogens is 94.0 g/mol. The minimum Gasteiger partial charge on any atom is -0.481 e. The van der Waals surface area contributed by atoms with Crippen molar-refractivity contribution in [1.82, 2.24) is 5.48 Å². The topological polar surface area (TPSA) is 30.5 Å². The fourth-order valence-electron chi connectivity index (χ4n) is 0.293. The van der Waals surface area contributed by atoms with Gasteiger partial charge in [-0.05, 0) is 0 Å². The standard InChI is InChI=1S/C4H5NO2/c1-6-4-2-3-7-5-4/h2,5H,1H3. The molecule has 1 aliphatic rings. The van der Waals surface area contributed by atoms with Gasteiger partial charge in [-0.1, -0.05) is 0 Å². The Labute approximate surface area is 41.9 Å². The summed E-state index contributed by atoms with van der Waals surface area (Å²) in [6, 6.07) is 0. The molecule has 3 nitrogen and oxygen atoms in total. The van der Waals surface area contributed by atoms with Gasteiger partial charge in [-0.2, -0.15) is 0 Å². The maximum Gasteiger partial charge on any atom is 0.209 e. The SMILES string of the molecule is COC1=C[C]ON1. The van der Waals surface area contributed by atoms with E-state index in [0.29, 0.717) is 5.88 Å².